The number of nitrogens with two attached hydrogens (primary N) is 1. The maximum Gasteiger partial charge on any atom is 0.224 e. The summed E-state index contributed by atoms with van der Waals surface area (Å²) in [6, 6.07) is 0.0184. The number of ether oxygens (including phenoxy) is 1. The smallest absolute Gasteiger partial charge is 0.224 e. The molecule has 2 fully saturated rings. The summed E-state index contributed by atoms with van der Waals surface area (Å²) in [4.78, 5) is 13.5. The summed E-state index contributed by atoms with van der Waals surface area (Å²) in [5.41, 5.74) is 5.65. The van der Waals surface area contributed by atoms with Gasteiger partial charge in [0.25, 0.3) is 0 Å². The van der Waals surface area contributed by atoms with Crippen LogP contribution in [-0.4, -0.2) is 42.1 Å². The molecule has 0 bridgehead atoms. The molecule has 0 aromatic rings. The fraction of sp³-hybridized carbons (Fsp3) is 0.889. The van der Waals surface area contributed by atoms with E-state index >= 15 is 0 Å². The van der Waals surface area contributed by atoms with Crippen molar-refractivity contribution in [1.29, 1.82) is 0 Å². The molecule has 74 valence electrons. The molecular formula is C9H16N2O2. The predicted octanol–water partition coefficient (Wildman–Crippen LogP) is -0.275. The molecule has 2 atom stereocenters. The van der Waals surface area contributed by atoms with Gasteiger partial charge in [0, 0.05) is 25.6 Å². The molecule has 1 amide bonds. The zero-order chi connectivity index (χ0) is 9.47. The van der Waals surface area contributed by atoms with Crippen LogP contribution in [-0.2, 0) is 9.53 Å². The molecule has 0 radical (unpaired) electrons. The van der Waals surface area contributed by atoms with Crippen LogP contribution in [0.2, 0.25) is 0 Å². The highest BCUT2D eigenvalue weighted by Crippen LogP contribution is 2.29. The Kier molecular flexibility index (Phi) is 2.04. The Hall–Kier alpha value is -0.610. The first-order valence-corrected chi connectivity index (χ1v) is 4.76. The molecule has 13 heavy (non-hydrogen) atoms. The SMILES string of the molecule is CC1(N2CC(N)CC2=O)CCOC1. The normalized spacial score (nSPS) is 40.3. The lowest BCUT2D eigenvalue weighted by Crippen LogP contribution is -2.48. The van der Waals surface area contributed by atoms with Crippen molar-refractivity contribution in [2.24, 2.45) is 5.73 Å². The summed E-state index contributed by atoms with van der Waals surface area (Å²) in [7, 11) is 0. The highest BCUT2D eigenvalue weighted by atomic mass is 16.5. The third-order valence-electron chi connectivity index (χ3n) is 3.00. The molecule has 0 aliphatic carbocycles. The Morgan fingerprint density at radius 2 is 2.46 bits per heavy atom. The lowest BCUT2D eigenvalue weighted by Gasteiger charge is -2.33. The van der Waals surface area contributed by atoms with Gasteiger partial charge in [-0.1, -0.05) is 0 Å². The van der Waals surface area contributed by atoms with E-state index in [1.807, 2.05) is 4.90 Å². The van der Waals surface area contributed by atoms with Gasteiger partial charge >= 0.3 is 0 Å². The van der Waals surface area contributed by atoms with E-state index in [4.69, 9.17) is 10.5 Å². The van der Waals surface area contributed by atoms with Gasteiger partial charge in [0.15, 0.2) is 0 Å². The third kappa shape index (κ3) is 1.44. The number of hydrogen-bond acceptors (Lipinski definition) is 3. The van der Waals surface area contributed by atoms with Gasteiger partial charge in [-0.2, -0.15) is 0 Å². The molecule has 2 unspecified atom stereocenters. The Labute approximate surface area is 78.0 Å². The molecular weight excluding hydrogens is 168 g/mol. The van der Waals surface area contributed by atoms with Gasteiger partial charge < -0.3 is 15.4 Å². The molecule has 2 N–H and O–H groups in total. The average Bonchev–Trinajstić information content (AvgIpc) is 2.59. The largest absolute Gasteiger partial charge is 0.379 e. The Bertz CT molecular complexity index is 224. The highest BCUT2D eigenvalue weighted by molar-refractivity contribution is 5.80. The fourth-order valence-electron chi connectivity index (χ4n) is 2.13. The maximum absolute atomic E-state index is 11.6. The van der Waals surface area contributed by atoms with E-state index < -0.39 is 0 Å². The number of rotatable bonds is 1. The lowest BCUT2D eigenvalue weighted by molar-refractivity contribution is -0.132. The van der Waals surface area contributed by atoms with Gasteiger partial charge in [-0.05, 0) is 13.3 Å². The maximum atomic E-state index is 11.6. The molecule has 0 saturated carbocycles. The standard InChI is InChI=1S/C9H16N2O2/c1-9(2-3-13-6-9)11-5-7(10)4-8(11)12/h7H,2-6,10H2,1H3. The van der Waals surface area contributed by atoms with E-state index in [1.54, 1.807) is 0 Å². The molecule has 2 aliphatic heterocycles. The van der Waals surface area contributed by atoms with Crippen molar-refractivity contribution in [2.75, 3.05) is 19.8 Å². The van der Waals surface area contributed by atoms with Gasteiger partial charge in [-0.25, -0.2) is 0 Å². The van der Waals surface area contributed by atoms with Crippen LogP contribution >= 0.6 is 0 Å². The molecule has 0 aromatic carbocycles. The second-order valence-electron chi connectivity index (χ2n) is 4.27. The first-order chi connectivity index (χ1) is 6.12. The minimum Gasteiger partial charge on any atom is -0.379 e. The molecule has 4 heteroatoms. The Balaban J connectivity index is 2.11. The number of amides is 1. The van der Waals surface area contributed by atoms with Crippen molar-refractivity contribution in [3.63, 3.8) is 0 Å². The number of carbonyl (C=O) groups is 1. The minimum atomic E-state index is -0.0921. The van der Waals surface area contributed by atoms with Crippen LogP contribution < -0.4 is 5.73 Å². The quantitative estimate of drug-likeness (QED) is 0.610. The molecule has 4 nitrogen and oxygen atoms in total. The Morgan fingerprint density at radius 1 is 1.69 bits per heavy atom. The van der Waals surface area contributed by atoms with Crippen molar-refractivity contribution in [1.82, 2.24) is 4.90 Å². The molecule has 2 heterocycles. The van der Waals surface area contributed by atoms with Gasteiger partial charge in [0.05, 0.1) is 12.1 Å². The van der Waals surface area contributed by atoms with Crippen LogP contribution in [0.1, 0.15) is 19.8 Å². The molecule has 0 spiro atoms. The number of likely N-dealkylation sites (tertiary alicyclic amines) is 1. The summed E-state index contributed by atoms with van der Waals surface area (Å²) < 4.78 is 5.32. The number of carbonyl (C=O) groups excluding carboxylic acids is 1. The van der Waals surface area contributed by atoms with Crippen LogP contribution in [0, 0.1) is 0 Å². The molecule has 0 aromatic heterocycles. The van der Waals surface area contributed by atoms with Gasteiger partial charge in [0.2, 0.25) is 5.91 Å². The zero-order valence-electron chi connectivity index (χ0n) is 7.95. The molecule has 2 saturated heterocycles. The van der Waals surface area contributed by atoms with Crippen LogP contribution in [0.3, 0.4) is 0 Å². The molecule has 2 aliphatic rings. The highest BCUT2D eigenvalue weighted by Gasteiger charge is 2.42. The third-order valence-corrected chi connectivity index (χ3v) is 3.00. The van der Waals surface area contributed by atoms with E-state index in [-0.39, 0.29) is 17.5 Å². The van der Waals surface area contributed by atoms with Gasteiger partial charge in [-0.3, -0.25) is 4.79 Å². The first-order valence-electron chi connectivity index (χ1n) is 4.76. The van der Waals surface area contributed by atoms with Crippen LogP contribution in [0.4, 0.5) is 0 Å². The fourth-order valence-corrected chi connectivity index (χ4v) is 2.13. The number of nitrogens with zero attached hydrogens (tertiary/aromatic N) is 1. The summed E-state index contributed by atoms with van der Waals surface area (Å²) in [6.07, 6.45) is 1.43. The monoisotopic (exact) mass is 184 g/mol. The second-order valence-corrected chi connectivity index (χ2v) is 4.27. The van der Waals surface area contributed by atoms with Crippen LogP contribution in [0.5, 0.6) is 0 Å². The summed E-state index contributed by atoms with van der Waals surface area (Å²) in [6.45, 7) is 4.19. The van der Waals surface area contributed by atoms with E-state index in [0.717, 1.165) is 13.0 Å². The topological polar surface area (TPSA) is 55.6 Å². The van der Waals surface area contributed by atoms with Crippen molar-refractivity contribution in [3.8, 4) is 0 Å². The van der Waals surface area contributed by atoms with E-state index in [1.165, 1.54) is 0 Å². The van der Waals surface area contributed by atoms with Gasteiger partial charge in [0.1, 0.15) is 0 Å². The van der Waals surface area contributed by atoms with Gasteiger partial charge in [-0.15, -0.1) is 0 Å². The zero-order valence-corrected chi connectivity index (χ0v) is 7.95. The first kappa shape index (κ1) is 8.97. The van der Waals surface area contributed by atoms with Crippen molar-refractivity contribution in [2.45, 2.75) is 31.3 Å². The van der Waals surface area contributed by atoms with E-state index in [0.29, 0.717) is 19.6 Å². The van der Waals surface area contributed by atoms with Crippen molar-refractivity contribution in [3.05, 3.63) is 0 Å². The summed E-state index contributed by atoms with van der Waals surface area (Å²) >= 11 is 0. The van der Waals surface area contributed by atoms with Crippen LogP contribution in [0.25, 0.3) is 0 Å². The lowest BCUT2D eigenvalue weighted by atomic mass is 10.00. The summed E-state index contributed by atoms with van der Waals surface area (Å²) in [5, 5.41) is 0. The Morgan fingerprint density at radius 3 is 2.92 bits per heavy atom. The van der Waals surface area contributed by atoms with Crippen molar-refractivity contribution >= 4 is 5.91 Å². The summed E-state index contributed by atoms with van der Waals surface area (Å²) in [5.74, 6) is 0.181. The van der Waals surface area contributed by atoms with E-state index in [9.17, 15) is 4.79 Å². The predicted molar refractivity (Wildman–Crippen MR) is 48.1 cm³/mol. The van der Waals surface area contributed by atoms with E-state index in [2.05, 4.69) is 6.92 Å². The molecule has 2 rings (SSSR count). The van der Waals surface area contributed by atoms with Crippen LogP contribution in [0.15, 0.2) is 0 Å². The minimum absolute atomic E-state index is 0.0184. The average molecular weight is 184 g/mol. The second kappa shape index (κ2) is 2.96. The van der Waals surface area contributed by atoms with Crippen molar-refractivity contribution < 1.29 is 9.53 Å². The number of hydrogen-bond donors (Lipinski definition) is 1.